The largest absolute Gasteiger partial charge is 0.506 e. The van der Waals surface area contributed by atoms with Gasteiger partial charge in [0, 0.05) is 16.3 Å². The molecule has 0 saturated heterocycles. The second-order valence-electron chi connectivity index (χ2n) is 4.97. The lowest BCUT2D eigenvalue weighted by molar-refractivity contribution is 0.354. The molecule has 3 aromatic rings. The SMILES string of the molecule is COc1ccc(CN=Cc2sc3ccccc3c2O)cc1OC. The molecule has 118 valence electrons. The van der Waals surface area contributed by atoms with Crippen molar-refractivity contribution >= 4 is 27.6 Å². The topological polar surface area (TPSA) is 51.0 Å². The number of methoxy groups -OCH3 is 2. The summed E-state index contributed by atoms with van der Waals surface area (Å²) < 4.78 is 11.6. The Bertz CT molecular complexity index is 855. The third-order valence-electron chi connectivity index (χ3n) is 3.53. The molecular formula is C18H17NO3S. The molecule has 0 atom stereocenters. The Hall–Kier alpha value is -2.53. The summed E-state index contributed by atoms with van der Waals surface area (Å²) in [5.41, 5.74) is 1.01. The summed E-state index contributed by atoms with van der Waals surface area (Å²) in [7, 11) is 3.22. The smallest absolute Gasteiger partial charge is 0.161 e. The van der Waals surface area contributed by atoms with Crippen LogP contribution in [0.2, 0.25) is 0 Å². The Morgan fingerprint density at radius 3 is 2.61 bits per heavy atom. The van der Waals surface area contributed by atoms with Crippen molar-refractivity contribution in [2.45, 2.75) is 6.54 Å². The number of ether oxygens (including phenoxy) is 2. The lowest BCUT2D eigenvalue weighted by Crippen LogP contribution is -1.92. The summed E-state index contributed by atoms with van der Waals surface area (Å²) in [4.78, 5) is 5.20. The van der Waals surface area contributed by atoms with Gasteiger partial charge in [0.1, 0.15) is 5.75 Å². The minimum absolute atomic E-state index is 0.293. The van der Waals surface area contributed by atoms with E-state index in [0.717, 1.165) is 20.5 Å². The molecule has 1 N–H and O–H groups in total. The number of aromatic hydroxyl groups is 1. The predicted octanol–water partition coefficient (Wildman–Crippen LogP) is 4.24. The molecule has 4 nitrogen and oxygen atoms in total. The van der Waals surface area contributed by atoms with E-state index < -0.39 is 0 Å². The fourth-order valence-corrected chi connectivity index (χ4v) is 3.34. The zero-order valence-electron chi connectivity index (χ0n) is 12.9. The summed E-state index contributed by atoms with van der Waals surface area (Å²) >= 11 is 1.53. The van der Waals surface area contributed by atoms with E-state index in [2.05, 4.69) is 4.99 Å². The van der Waals surface area contributed by atoms with Gasteiger partial charge in [-0.3, -0.25) is 4.99 Å². The molecule has 0 unspecified atom stereocenters. The van der Waals surface area contributed by atoms with Crippen LogP contribution in [0.4, 0.5) is 0 Å². The molecule has 1 aromatic heterocycles. The Balaban J connectivity index is 1.79. The van der Waals surface area contributed by atoms with Crippen LogP contribution in [-0.4, -0.2) is 25.5 Å². The van der Waals surface area contributed by atoms with Crippen LogP contribution in [0.3, 0.4) is 0 Å². The molecule has 0 fully saturated rings. The molecular weight excluding hydrogens is 310 g/mol. The summed E-state index contributed by atoms with van der Waals surface area (Å²) in [6.45, 7) is 0.508. The first-order valence-corrected chi connectivity index (χ1v) is 7.96. The molecule has 0 aliphatic heterocycles. The molecule has 0 aliphatic carbocycles. The van der Waals surface area contributed by atoms with E-state index in [-0.39, 0.29) is 0 Å². The lowest BCUT2D eigenvalue weighted by Gasteiger charge is -2.08. The van der Waals surface area contributed by atoms with E-state index in [1.807, 2.05) is 42.5 Å². The molecule has 0 amide bonds. The van der Waals surface area contributed by atoms with Crippen molar-refractivity contribution in [2.24, 2.45) is 4.99 Å². The molecule has 0 bridgehead atoms. The van der Waals surface area contributed by atoms with Crippen molar-refractivity contribution in [1.29, 1.82) is 0 Å². The standard InChI is InChI=1S/C18H17NO3S/c1-21-14-8-7-12(9-15(14)22-2)10-19-11-17-18(20)13-5-3-4-6-16(13)23-17/h3-9,11,20H,10H2,1-2H3. The number of hydrogen-bond acceptors (Lipinski definition) is 5. The molecule has 5 heteroatoms. The minimum Gasteiger partial charge on any atom is -0.506 e. The van der Waals surface area contributed by atoms with Crippen LogP contribution in [0.25, 0.3) is 10.1 Å². The highest BCUT2D eigenvalue weighted by Gasteiger charge is 2.08. The predicted molar refractivity (Wildman–Crippen MR) is 94.3 cm³/mol. The maximum Gasteiger partial charge on any atom is 0.161 e. The van der Waals surface area contributed by atoms with Crippen molar-refractivity contribution in [3.63, 3.8) is 0 Å². The van der Waals surface area contributed by atoms with Crippen molar-refractivity contribution in [1.82, 2.24) is 0 Å². The van der Waals surface area contributed by atoms with Crippen LogP contribution >= 0.6 is 11.3 Å². The quantitative estimate of drug-likeness (QED) is 0.713. The molecule has 0 spiro atoms. The fraction of sp³-hybridized carbons (Fsp3) is 0.167. The van der Waals surface area contributed by atoms with Gasteiger partial charge in [0.05, 0.1) is 25.6 Å². The number of thiophene rings is 1. The number of fused-ring (bicyclic) bond motifs is 1. The maximum atomic E-state index is 10.2. The monoisotopic (exact) mass is 327 g/mol. The van der Waals surface area contributed by atoms with E-state index in [4.69, 9.17) is 9.47 Å². The first-order chi connectivity index (χ1) is 11.2. The molecule has 1 heterocycles. The van der Waals surface area contributed by atoms with E-state index in [9.17, 15) is 5.11 Å². The van der Waals surface area contributed by atoms with Gasteiger partial charge in [0.25, 0.3) is 0 Å². The van der Waals surface area contributed by atoms with Gasteiger partial charge in [-0.15, -0.1) is 11.3 Å². The third kappa shape index (κ3) is 3.14. The van der Waals surface area contributed by atoms with Gasteiger partial charge in [-0.1, -0.05) is 18.2 Å². The van der Waals surface area contributed by atoms with Crippen molar-refractivity contribution in [3.05, 3.63) is 52.9 Å². The van der Waals surface area contributed by atoms with Gasteiger partial charge in [-0.25, -0.2) is 0 Å². The van der Waals surface area contributed by atoms with Crippen LogP contribution in [0, 0.1) is 0 Å². The summed E-state index contributed by atoms with van der Waals surface area (Å²) in [6.07, 6.45) is 1.72. The third-order valence-corrected chi connectivity index (χ3v) is 4.62. The Kier molecular flexibility index (Phi) is 4.48. The molecule has 0 saturated carbocycles. The van der Waals surface area contributed by atoms with Gasteiger partial charge < -0.3 is 14.6 Å². The molecule has 0 radical (unpaired) electrons. The lowest BCUT2D eigenvalue weighted by atomic mass is 10.2. The first kappa shape index (κ1) is 15.4. The first-order valence-electron chi connectivity index (χ1n) is 7.14. The highest BCUT2D eigenvalue weighted by molar-refractivity contribution is 7.21. The second kappa shape index (κ2) is 6.71. The minimum atomic E-state index is 0.293. The van der Waals surface area contributed by atoms with Crippen molar-refractivity contribution < 1.29 is 14.6 Å². The maximum absolute atomic E-state index is 10.2. The molecule has 3 rings (SSSR count). The highest BCUT2D eigenvalue weighted by atomic mass is 32.1. The van der Waals surface area contributed by atoms with Crippen LogP contribution in [-0.2, 0) is 6.54 Å². The Morgan fingerprint density at radius 2 is 1.87 bits per heavy atom. The van der Waals surface area contributed by atoms with Crippen LogP contribution < -0.4 is 9.47 Å². The van der Waals surface area contributed by atoms with E-state index in [1.165, 1.54) is 11.3 Å². The Morgan fingerprint density at radius 1 is 1.09 bits per heavy atom. The van der Waals surface area contributed by atoms with Gasteiger partial charge in [-0.05, 0) is 29.8 Å². The molecule has 0 aliphatic rings. The normalized spacial score (nSPS) is 11.2. The average molecular weight is 327 g/mol. The zero-order valence-corrected chi connectivity index (χ0v) is 13.8. The fourth-order valence-electron chi connectivity index (χ4n) is 2.35. The summed E-state index contributed by atoms with van der Waals surface area (Å²) in [6, 6.07) is 13.5. The van der Waals surface area contributed by atoms with Crippen LogP contribution in [0.1, 0.15) is 10.4 Å². The molecule has 2 aromatic carbocycles. The van der Waals surface area contributed by atoms with Crippen molar-refractivity contribution in [2.75, 3.05) is 14.2 Å². The van der Waals surface area contributed by atoms with Gasteiger partial charge >= 0.3 is 0 Å². The molecule has 23 heavy (non-hydrogen) atoms. The van der Waals surface area contributed by atoms with E-state index >= 15 is 0 Å². The van der Waals surface area contributed by atoms with Crippen LogP contribution in [0.5, 0.6) is 17.2 Å². The van der Waals surface area contributed by atoms with Crippen LogP contribution in [0.15, 0.2) is 47.5 Å². The number of hydrogen-bond donors (Lipinski definition) is 1. The average Bonchev–Trinajstić information content (AvgIpc) is 2.91. The number of benzene rings is 2. The van der Waals surface area contributed by atoms with Gasteiger partial charge in [0.15, 0.2) is 11.5 Å². The second-order valence-corrected chi connectivity index (χ2v) is 6.05. The van der Waals surface area contributed by atoms with E-state index in [1.54, 1.807) is 20.4 Å². The number of nitrogens with zero attached hydrogens (tertiary/aromatic N) is 1. The summed E-state index contributed by atoms with van der Waals surface area (Å²) in [5, 5.41) is 11.1. The zero-order chi connectivity index (χ0) is 16.2. The van der Waals surface area contributed by atoms with Gasteiger partial charge in [-0.2, -0.15) is 0 Å². The highest BCUT2D eigenvalue weighted by Crippen LogP contribution is 2.35. The number of rotatable bonds is 5. The summed E-state index contributed by atoms with van der Waals surface area (Å²) in [5.74, 6) is 1.67. The van der Waals surface area contributed by atoms with E-state index in [0.29, 0.717) is 23.8 Å². The van der Waals surface area contributed by atoms with Gasteiger partial charge in [0.2, 0.25) is 0 Å². The number of aliphatic imine (C=N–C) groups is 1. The Labute approximate surface area is 138 Å². The van der Waals surface area contributed by atoms with Crippen molar-refractivity contribution in [3.8, 4) is 17.2 Å².